The molecule has 1 unspecified atom stereocenters. The zero-order valence-electron chi connectivity index (χ0n) is 12.4. The standard InChI is InChI=1S/C15H27N3O/c1-4-18(11-14(16)8-6-10-19-3)12-15-9-5-7-13(2)17-15/h5,7,9,14H,4,6,8,10-12,16H2,1-3H3. The minimum absolute atomic E-state index is 0.208. The number of pyridine rings is 1. The fourth-order valence-electron chi connectivity index (χ4n) is 2.13. The number of nitrogens with two attached hydrogens (primary N) is 1. The van der Waals surface area contributed by atoms with Crippen LogP contribution in [0.1, 0.15) is 31.2 Å². The summed E-state index contributed by atoms with van der Waals surface area (Å²) >= 11 is 0. The third-order valence-electron chi connectivity index (χ3n) is 3.19. The largest absolute Gasteiger partial charge is 0.385 e. The zero-order chi connectivity index (χ0) is 14.1. The van der Waals surface area contributed by atoms with Crippen LogP contribution in [0.25, 0.3) is 0 Å². The Labute approximate surface area is 117 Å². The maximum atomic E-state index is 6.16. The van der Waals surface area contributed by atoms with Crippen LogP contribution in [0.4, 0.5) is 0 Å². The van der Waals surface area contributed by atoms with E-state index in [0.717, 1.165) is 50.5 Å². The van der Waals surface area contributed by atoms with Crippen LogP contribution < -0.4 is 5.73 Å². The van der Waals surface area contributed by atoms with Crippen molar-refractivity contribution in [2.24, 2.45) is 5.73 Å². The van der Waals surface area contributed by atoms with Crippen LogP contribution in [-0.4, -0.2) is 42.7 Å². The average molecular weight is 265 g/mol. The Morgan fingerprint density at radius 3 is 2.84 bits per heavy atom. The van der Waals surface area contributed by atoms with Crippen molar-refractivity contribution in [3.8, 4) is 0 Å². The minimum atomic E-state index is 0.208. The summed E-state index contributed by atoms with van der Waals surface area (Å²) in [5.41, 5.74) is 8.34. The Morgan fingerprint density at radius 1 is 1.42 bits per heavy atom. The summed E-state index contributed by atoms with van der Waals surface area (Å²) in [5.74, 6) is 0. The second-order valence-corrected chi connectivity index (χ2v) is 4.99. The molecule has 0 aliphatic heterocycles. The lowest BCUT2D eigenvalue weighted by atomic mass is 10.1. The quantitative estimate of drug-likeness (QED) is 0.694. The van der Waals surface area contributed by atoms with Crippen LogP contribution in [0.15, 0.2) is 18.2 Å². The lowest BCUT2D eigenvalue weighted by Gasteiger charge is -2.24. The number of hydrogen-bond donors (Lipinski definition) is 1. The second-order valence-electron chi connectivity index (χ2n) is 4.99. The van der Waals surface area contributed by atoms with E-state index in [2.05, 4.69) is 28.9 Å². The van der Waals surface area contributed by atoms with E-state index in [1.54, 1.807) is 7.11 Å². The number of aryl methyl sites for hydroxylation is 1. The molecule has 1 atom stereocenters. The Hall–Kier alpha value is -0.970. The van der Waals surface area contributed by atoms with E-state index in [-0.39, 0.29) is 6.04 Å². The molecule has 2 N–H and O–H groups in total. The van der Waals surface area contributed by atoms with Gasteiger partial charge in [-0.2, -0.15) is 0 Å². The van der Waals surface area contributed by atoms with Crippen molar-refractivity contribution in [1.82, 2.24) is 9.88 Å². The molecule has 0 spiro atoms. The Kier molecular flexibility index (Phi) is 7.63. The minimum Gasteiger partial charge on any atom is -0.385 e. The van der Waals surface area contributed by atoms with Crippen molar-refractivity contribution >= 4 is 0 Å². The smallest absolute Gasteiger partial charge is 0.0547 e. The van der Waals surface area contributed by atoms with E-state index in [9.17, 15) is 0 Å². The van der Waals surface area contributed by atoms with Gasteiger partial charge in [0.25, 0.3) is 0 Å². The van der Waals surface area contributed by atoms with Gasteiger partial charge in [0.1, 0.15) is 0 Å². The molecule has 1 heterocycles. The molecule has 0 bridgehead atoms. The lowest BCUT2D eigenvalue weighted by molar-refractivity contribution is 0.184. The highest BCUT2D eigenvalue weighted by Crippen LogP contribution is 2.05. The fraction of sp³-hybridized carbons (Fsp3) is 0.667. The molecule has 1 rings (SSSR count). The highest BCUT2D eigenvalue weighted by Gasteiger charge is 2.10. The molecule has 108 valence electrons. The summed E-state index contributed by atoms with van der Waals surface area (Å²) in [7, 11) is 1.73. The van der Waals surface area contributed by atoms with Gasteiger partial charge in [-0.3, -0.25) is 9.88 Å². The summed E-state index contributed by atoms with van der Waals surface area (Å²) in [6.07, 6.45) is 2.03. The molecule has 0 fully saturated rings. The van der Waals surface area contributed by atoms with E-state index in [1.165, 1.54) is 0 Å². The van der Waals surface area contributed by atoms with Gasteiger partial charge in [0.15, 0.2) is 0 Å². The topological polar surface area (TPSA) is 51.4 Å². The van der Waals surface area contributed by atoms with Crippen molar-refractivity contribution < 1.29 is 4.74 Å². The molecule has 4 nitrogen and oxygen atoms in total. The van der Waals surface area contributed by atoms with Crippen molar-refractivity contribution in [1.29, 1.82) is 0 Å². The first-order chi connectivity index (χ1) is 9.15. The first kappa shape index (κ1) is 16.1. The molecule has 0 aliphatic rings. The Bertz CT molecular complexity index is 357. The summed E-state index contributed by atoms with van der Waals surface area (Å²) in [6, 6.07) is 6.37. The summed E-state index contributed by atoms with van der Waals surface area (Å²) in [5, 5.41) is 0. The molecular formula is C15H27N3O. The molecule has 4 heteroatoms. The van der Waals surface area contributed by atoms with Crippen LogP contribution in [-0.2, 0) is 11.3 Å². The van der Waals surface area contributed by atoms with Gasteiger partial charge < -0.3 is 10.5 Å². The molecule has 1 aromatic heterocycles. The van der Waals surface area contributed by atoms with E-state index in [0.29, 0.717) is 0 Å². The predicted molar refractivity (Wildman–Crippen MR) is 79.0 cm³/mol. The molecule has 0 saturated carbocycles. The Morgan fingerprint density at radius 2 is 2.21 bits per heavy atom. The van der Waals surface area contributed by atoms with E-state index >= 15 is 0 Å². The van der Waals surface area contributed by atoms with Gasteiger partial charge in [0.2, 0.25) is 0 Å². The van der Waals surface area contributed by atoms with Crippen molar-refractivity contribution in [2.45, 2.75) is 39.3 Å². The molecular weight excluding hydrogens is 238 g/mol. The van der Waals surface area contributed by atoms with Gasteiger partial charge in [-0.1, -0.05) is 13.0 Å². The van der Waals surface area contributed by atoms with Gasteiger partial charge in [0.05, 0.1) is 5.69 Å². The van der Waals surface area contributed by atoms with Crippen LogP contribution in [0.5, 0.6) is 0 Å². The van der Waals surface area contributed by atoms with Crippen molar-refractivity contribution in [3.05, 3.63) is 29.6 Å². The number of hydrogen-bond acceptors (Lipinski definition) is 4. The third-order valence-corrected chi connectivity index (χ3v) is 3.19. The van der Waals surface area contributed by atoms with Crippen molar-refractivity contribution in [2.75, 3.05) is 26.8 Å². The highest BCUT2D eigenvalue weighted by atomic mass is 16.5. The van der Waals surface area contributed by atoms with E-state index < -0.39 is 0 Å². The predicted octanol–water partition coefficient (Wildman–Crippen LogP) is 1.97. The Balaban J connectivity index is 2.40. The van der Waals surface area contributed by atoms with Gasteiger partial charge in [-0.05, 0) is 38.4 Å². The van der Waals surface area contributed by atoms with Gasteiger partial charge >= 0.3 is 0 Å². The number of likely N-dealkylation sites (N-methyl/N-ethyl adjacent to an activating group) is 1. The van der Waals surface area contributed by atoms with Gasteiger partial charge in [-0.25, -0.2) is 0 Å². The number of nitrogens with zero attached hydrogens (tertiary/aromatic N) is 2. The molecule has 0 aliphatic carbocycles. The normalized spacial score (nSPS) is 12.9. The van der Waals surface area contributed by atoms with Crippen LogP contribution in [0, 0.1) is 6.92 Å². The molecule has 0 radical (unpaired) electrons. The molecule has 0 saturated heterocycles. The van der Waals surface area contributed by atoms with Crippen molar-refractivity contribution in [3.63, 3.8) is 0 Å². The monoisotopic (exact) mass is 265 g/mol. The summed E-state index contributed by atoms with van der Waals surface area (Å²) in [4.78, 5) is 6.89. The SMILES string of the molecule is CCN(Cc1cccc(C)n1)CC(N)CCCOC. The molecule has 1 aromatic rings. The molecule has 0 aromatic carbocycles. The van der Waals surface area contributed by atoms with Crippen LogP contribution in [0.2, 0.25) is 0 Å². The zero-order valence-corrected chi connectivity index (χ0v) is 12.4. The van der Waals surface area contributed by atoms with Gasteiger partial charge in [0, 0.05) is 38.5 Å². The number of rotatable bonds is 9. The number of aromatic nitrogens is 1. The van der Waals surface area contributed by atoms with Crippen LogP contribution >= 0.6 is 0 Å². The molecule has 0 amide bonds. The lowest BCUT2D eigenvalue weighted by Crippen LogP contribution is -2.37. The summed E-state index contributed by atoms with van der Waals surface area (Å²) in [6.45, 7) is 7.76. The number of ether oxygens (including phenoxy) is 1. The first-order valence-corrected chi connectivity index (χ1v) is 7.05. The molecule has 19 heavy (non-hydrogen) atoms. The maximum Gasteiger partial charge on any atom is 0.0547 e. The van der Waals surface area contributed by atoms with Gasteiger partial charge in [-0.15, -0.1) is 0 Å². The first-order valence-electron chi connectivity index (χ1n) is 7.05. The summed E-state index contributed by atoms with van der Waals surface area (Å²) < 4.78 is 5.05. The van der Waals surface area contributed by atoms with Crippen LogP contribution in [0.3, 0.4) is 0 Å². The van der Waals surface area contributed by atoms with E-state index in [4.69, 9.17) is 10.5 Å². The average Bonchev–Trinajstić information content (AvgIpc) is 2.38. The third kappa shape index (κ3) is 6.66. The maximum absolute atomic E-state index is 6.16. The fourth-order valence-corrected chi connectivity index (χ4v) is 2.13. The number of methoxy groups -OCH3 is 1. The van der Waals surface area contributed by atoms with E-state index in [1.807, 2.05) is 13.0 Å². The highest BCUT2D eigenvalue weighted by molar-refractivity contribution is 5.09. The second kappa shape index (κ2) is 9.02.